The number of rotatable bonds is 6. The number of carbonyl (C=O) groups is 2. The third-order valence-electron chi connectivity index (χ3n) is 4.09. The average Bonchev–Trinajstić information content (AvgIpc) is 2.67. The van der Waals surface area contributed by atoms with Crippen molar-refractivity contribution in [1.82, 2.24) is 5.32 Å². The summed E-state index contributed by atoms with van der Waals surface area (Å²) in [5.41, 5.74) is 3.97. The van der Waals surface area contributed by atoms with Crippen LogP contribution in [0.1, 0.15) is 37.4 Å². The Morgan fingerprint density at radius 1 is 0.731 bits per heavy atom. The first-order valence-corrected chi connectivity index (χ1v) is 8.35. The molecular weight excluding hydrogens is 326 g/mol. The van der Waals surface area contributed by atoms with Gasteiger partial charge >= 0.3 is 5.97 Å². The Bertz CT molecular complexity index is 902. The maximum Gasteiger partial charge on any atom is 0.335 e. The lowest BCUT2D eigenvalue weighted by Gasteiger charge is -2.08. The normalized spacial score (nSPS) is 10.3. The standard InChI is InChI=1S/C22H19NO3/c24-21(23-15-17-9-11-19(12-10-17)22(25)26)20-8-4-7-18(14-20)13-16-5-2-1-3-6-16/h1-12,14H,13,15H2,(H,23,24)(H,25,26). The van der Waals surface area contributed by atoms with Crippen molar-refractivity contribution >= 4 is 11.9 Å². The molecule has 0 aliphatic heterocycles. The first kappa shape index (κ1) is 17.4. The molecule has 0 radical (unpaired) electrons. The van der Waals surface area contributed by atoms with E-state index in [4.69, 9.17) is 5.11 Å². The van der Waals surface area contributed by atoms with Crippen LogP contribution in [0.25, 0.3) is 0 Å². The predicted molar refractivity (Wildman–Crippen MR) is 100 cm³/mol. The Kier molecular flexibility index (Phi) is 5.44. The van der Waals surface area contributed by atoms with Crippen molar-refractivity contribution in [3.05, 3.63) is 107 Å². The first-order chi connectivity index (χ1) is 12.6. The van der Waals surface area contributed by atoms with Crippen molar-refractivity contribution in [2.75, 3.05) is 0 Å². The zero-order valence-electron chi connectivity index (χ0n) is 14.2. The number of hydrogen-bond donors (Lipinski definition) is 2. The van der Waals surface area contributed by atoms with Crippen LogP contribution in [0.15, 0.2) is 78.9 Å². The summed E-state index contributed by atoms with van der Waals surface area (Å²) >= 11 is 0. The lowest BCUT2D eigenvalue weighted by atomic mass is 10.0. The Morgan fingerprint density at radius 2 is 1.42 bits per heavy atom. The molecule has 0 saturated heterocycles. The second-order valence-electron chi connectivity index (χ2n) is 6.05. The fourth-order valence-corrected chi connectivity index (χ4v) is 2.70. The highest BCUT2D eigenvalue weighted by molar-refractivity contribution is 5.94. The molecule has 3 aromatic rings. The van der Waals surface area contributed by atoms with Crippen LogP contribution < -0.4 is 5.32 Å². The van der Waals surface area contributed by atoms with Gasteiger partial charge in [-0.3, -0.25) is 4.79 Å². The molecule has 3 rings (SSSR count). The van der Waals surface area contributed by atoms with Crippen molar-refractivity contribution in [3.63, 3.8) is 0 Å². The molecule has 0 aliphatic rings. The highest BCUT2D eigenvalue weighted by Crippen LogP contribution is 2.12. The number of carbonyl (C=O) groups excluding carboxylic acids is 1. The fourth-order valence-electron chi connectivity index (χ4n) is 2.70. The van der Waals surface area contributed by atoms with Gasteiger partial charge in [0.15, 0.2) is 0 Å². The van der Waals surface area contributed by atoms with Gasteiger partial charge in [0.05, 0.1) is 5.56 Å². The molecule has 0 aliphatic carbocycles. The second kappa shape index (κ2) is 8.12. The number of aromatic carboxylic acids is 1. The van der Waals surface area contributed by atoms with Crippen LogP contribution in [-0.4, -0.2) is 17.0 Å². The van der Waals surface area contributed by atoms with Crippen LogP contribution in [-0.2, 0) is 13.0 Å². The summed E-state index contributed by atoms with van der Waals surface area (Å²) in [5, 5.41) is 11.8. The molecule has 0 saturated carbocycles. The number of hydrogen-bond acceptors (Lipinski definition) is 2. The zero-order valence-corrected chi connectivity index (χ0v) is 14.2. The van der Waals surface area contributed by atoms with Gasteiger partial charge < -0.3 is 10.4 Å². The van der Waals surface area contributed by atoms with Crippen LogP contribution in [0.5, 0.6) is 0 Å². The van der Waals surface area contributed by atoms with Gasteiger partial charge in [-0.2, -0.15) is 0 Å². The smallest absolute Gasteiger partial charge is 0.335 e. The van der Waals surface area contributed by atoms with Crippen molar-refractivity contribution in [3.8, 4) is 0 Å². The molecular formula is C22H19NO3. The Balaban J connectivity index is 1.62. The molecule has 26 heavy (non-hydrogen) atoms. The van der Waals surface area contributed by atoms with E-state index in [2.05, 4.69) is 17.4 Å². The lowest BCUT2D eigenvalue weighted by molar-refractivity contribution is 0.0696. The minimum Gasteiger partial charge on any atom is -0.478 e. The van der Waals surface area contributed by atoms with Gasteiger partial charge in [0.2, 0.25) is 0 Å². The van der Waals surface area contributed by atoms with Gasteiger partial charge in [-0.15, -0.1) is 0 Å². The molecule has 0 fully saturated rings. The quantitative estimate of drug-likeness (QED) is 0.712. The summed E-state index contributed by atoms with van der Waals surface area (Å²) in [7, 11) is 0. The number of benzene rings is 3. The van der Waals surface area contributed by atoms with E-state index in [1.54, 1.807) is 18.2 Å². The molecule has 4 heteroatoms. The molecule has 0 aromatic heterocycles. The van der Waals surface area contributed by atoms with Crippen LogP contribution >= 0.6 is 0 Å². The van der Waals surface area contributed by atoms with Crippen molar-refractivity contribution < 1.29 is 14.7 Å². The van der Waals surface area contributed by atoms with Crippen LogP contribution in [0.3, 0.4) is 0 Å². The third-order valence-corrected chi connectivity index (χ3v) is 4.09. The second-order valence-corrected chi connectivity index (χ2v) is 6.05. The van der Waals surface area contributed by atoms with E-state index in [1.807, 2.05) is 36.4 Å². The highest BCUT2D eigenvalue weighted by atomic mass is 16.4. The van der Waals surface area contributed by atoms with E-state index < -0.39 is 5.97 Å². The maximum absolute atomic E-state index is 12.4. The average molecular weight is 345 g/mol. The maximum atomic E-state index is 12.4. The molecule has 0 heterocycles. The fraction of sp³-hybridized carbons (Fsp3) is 0.0909. The Morgan fingerprint density at radius 3 is 2.12 bits per heavy atom. The summed E-state index contributed by atoms with van der Waals surface area (Å²) in [6, 6.07) is 24.2. The van der Waals surface area contributed by atoms with Gasteiger partial charge in [-0.05, 0) is 47.4 Å². The molecule has 0 bridgehead atoms. The van der Waals surface area contributed by atoms with E-state index >= 15 is 0 Å². The van der Waals surface area contributed by atoms with E-state index in [0.717, 1.165) is 17.5 Å². The summed E-state index contributed by atoms with van der Waals surface area (Å²) in [5.74, 6) is -1.11. The number of carboxylic acid groups (broad SMARTS) is 1. The minimum absolute atomic E-state index is 0.151. The third kappa shape index (κ3) is 4.57. The van der Waals surface area contributed by atoms with E-state index in [9.17, 15) is 9.59 Å². The van der Waals surface area contributed by atoms with E-state index in [-0.39, 0.29) is 11.5 Å². The van der Waals surface area contributed by atoms with Gasteiger partial charge in [0.1, 0.15) is 0 Å². The van der Waals surface area contributed by atoms with Crippen molar-refractivity contribution in [2.45, 2.75) is 13.0 Å². The summed E-state index contributed by atoms with van der Waals surface area (Å²) in [6.45, 7) is 0.349. The van der Waals surface area contributed by atoms with Crippen molar-refractivity contribution in [2.24, 2.45) is 0 Å². The van der Waals surface area contributed by atoms with Crippen LogP contribution in [0, 0.1) is 0 Å². The number of amides is 1. The molecule has 0 spiro atoms. The topological polar surface area (TPSA) is 66.4 Å². The minimum atomic E-state index is -0.962. The largest absolute Gasteiger partial charge is 0.478 e. The monoisotopic (exact) mass is 345 g/mol. The Labute approximate surface area is 152 Å². The zero-order chi connectivity index (χ0) is 18.4. The molecule has 4 nitrogen and oxygen atoms in total. The molecule has 0 unspecified atom stereocenters. The predicted octanol–water partition coefficient (Wildman–Crippen LogP) is 3.91. The lowest BCUT2D eigenvalue weighted by Crippen LogP contribution is -2.22. The van der Waals surface area contributed by atoms with Gasteiger partial charge in [-0.25, -0.2) is 4.79 Å². The van der Waals surface area contributed by atoms with Crippen LogP contribution in [0.2, 0.25) is 0 Å². The first-order valence-electron chi connectivity index (χ1n) is 8.35. The van der Waals surface area contributed by atoms with Crippen LogP contribution in [0.4, 0.5) is 0 Å². The van der Waals surface area contributed by atoms with Gasteiger partial charge in [0.25, 0.3) is 5.91 Å². The summed E-state index contributed by atoms with van der Waals surface area (Å²) in [6.07, 6.45) is 0.776. The summed E-state index contributed by atoms with van der Waals surface area (Å²) in [4.78, 5) is 23.2. The molecule has 130 valence electrons. The highest BCUT2D eigenvalue weighted by Gasteiger charge is 2.07. The number of carboxylic acids is 1. The van der Waals surface area contributed by atoms with Gasteiger partial charge in [-0.1, -0.05) is 54.6 Å². The summed E-state index contributed by atoms with van der Waals surface area (Å²) < 4.78 is 0. The number of nitrogens with one attached hydrogen (secondary N) is 1. The van der Waals surface area contributed by atoms with Crippen molar-refractivity contribution in [1.29, 1.82) is 0 Å². The van der Waals surface area contributed by atoms with E-state index in [0.29, 0.717) is 12.1 Å². The molecule has 1 amide bonds. The van der Waals surface area contributed by atoms with E-state index in [1.165, 1.54) is 17.7 Å². The Hall–Kier alpha value is -3.40. The molecule has 3 aromatic carbocycles. The molecule has 2 N–H and O–H groups in total. The SMILES string of the molecule is O=C(O)c1ccc(CNC(=O)c2cccc(Cc3ccccc3)c2)cc1. The molecule has 0 atom stereocenters. The van der Waals surface area contributed by atoms with Gasteiger partial charge in [0, 0.05) is 12.1 Å².